The van der Waals surface area contributed by atoms with E-state index in [9.17, 15) is 4.79 Å². The lowest BCUT2D eigenvalue weighted by Crippen LogP contribution is -2.41. The van der Waals surface area contributed by atoms with E-state index in [1.165, 1.54) is 32.2 Å². The maximum atomic E-state index is 13.0. The third-order valence-corrected chi connectivity index (χ3v) is 6.84. The van der Waals surface area contributed by atoms with Crippen molar-refractivity contribution in [1.82, 2.24) is 20.0 Å². The number of likely N-dealkylation sites (tertiary alicyclic amines) is 1. The van der Waals surface area contributed by atoms with Gasteiger partial charge in [0.2, 0.25) is 5.91 Å². The van der Waals surface area contributed by atoms with E-state index in [-0.39, 0.29) is 5.91 Å². The van der Waals surface area contributed by atoms with Crippen LogP contribution in [0.1, 0.15) is 52.0 Å². The largest absolute Gasteiger partial charge is 0.354 e. The molecule has 32 heavy (non-hydrogen) atoms. The molecule has 5 nitrogen and oxygen atoms in total. The molecule has 1 N–H and O–H groups in total. The van der Waals surface area contributed by atoms with E-state index in [0.29, 0.717) is 17.6 Å². The molecule has 2 aromatic carbocycles. The number of carbonyl (C=O) groups excluding carboxylic acids is 1. The van der Waals surface area contributed by atoms with Crippen LogP contribution in [0.25, 0.3) is 22.2 Å². The summed E-state index contributed by atoms with van der Waals surface area (Å²) in [6.45, 7) is 7.11. The summed E-state index contributed by atoms with van der Waals surface area (Å²) >= 11 is 6.28. The van der Waals surface area contributed by atoms with E-state index in [2.05, 4.69) is 17.1 Å². The Bertz CT molecular complexity index is 1050. The summed E-state index contributed by atoms with van der Waals surface area (Å²) in [7, 11) is 0. The number of hydrogen-bond acceptors (Lipinski definition) is 3. The van der Waals surface area contributed by atoms with Crippen LogP contribution in [0.2, 0.25) is 5.02 Å². The fraction of sp³-hybridized carbons (Fsp3) is 0.462. The highest BCUT2D eigenvalue weighted by Gasteiger charge is 2.22. The molecule has 170 valence electrons. The minimum atomic E-state index is -0.408. The average molecular weight is 453 g/mol. The third kappa shape index (κ3) is 5.00. The normalized spacial score (nSPS) is 18.0. The first-order chi connectivity index (χ1) is 15.6. The van der Waals surface area contributed by atoms with Crippen LogP contribution in [-0.2, 0) is 4.79 Å². The van der Waals surface area contributed by atoms with Crippen molar-refractivity contribution in [3.63, 3.8) is 0 Å². The summed E-state index contributed by atoms with van der Waals surface area (Å²) in [6, 6.07) is 16.1. The Labute approximate surface area is 195 Å². The lowest BCUT2D eigenvalue weighted by Gasteiger charge is -2.35. The minimum Gasteiger partial charge on any atom is -0.354 e. The second-order valence-electron chi connectivity index (χ2n) is 8.74. The first kappa shape index (κ1) is 22.8. The Kier molecular flexibility index (Phi) is 7.48. The van der Waals surface area contributed by atoms with Gasteiger partial charge in [-0.1, -0.05) is 55.3 Å². The Balaban J connectivity index is 1.44. The van der Waals surface area contributed by atoms with Gasteiger partial charge in [-0.3, -0.25) is 9.48 Å². The number of piperidine rings is 1. The van der Waals surface area contributed by atoms with Crippen molar-refractivity contribution in [2.75, 3.05) is 19.6 Å². The van der Waals surface area contributed by atoms with E-state index in [0.717, 1.165) is 35.1 Å². The van der Waals surface area contributed by atoms with Crippen LogP contribution in [-0.4, -0.2) is 46.3 Å². The molecule has 0 bridgehead atoms. The molecule has 1 saturated heterocycles. The van der Waals surface area contributed by atoms with E-state index in [1.54, 1.807) is 0 Å². The van der Waals surface area contributed by atoms with Gasteiger partial charge in [-0.15, -0.1) is 0 Å². The number of nitrogens with zero attached hydrogens (tertiary/aromatic N) is 3. The van der Waals surface area contributed by atoms with Gasteiger partial charge in [-0.25, -0.2) is 0 Å². The molecule has 1 aliphatic rings. The molecule has 3 aromatic rings. The van der Waals surface area contributed by atoms with E-state index in [4.69, 9.17) is 16.7 Å². The molecule has 2 atom stereocenters. The van der Waals surface area contributed by atoms with Crippen molar-refractivity contribution in [3.05, 3.63) is 53.6 Å². The second kappa shape index (κ2) is 10.5. The number of halogens is 1. The van der Waals surface area contributed by atoms with Crippen molar-refractivity contribution in [1.29, 1.82) is 0 Å². The van der Waals surface area contributed by atoms with Crippen LogP contribution in [0.15, 0.2) is 48.5 Å². The summed E-state index contributed by atoms with van der Waals surface area (Å²) in [5.41, 5.74) is 2.77. The molecule has 2 heterocycles. The smallest absolute Gasteiger partial charge is 0.244 e. The lowest BCUT2D eigenvalue weighted by molar-refractivity contribution is -0.124. The monoisotopic (exact) mass is 452 g/mol. The van der Waals surface area contributed by atoms with Crippen molar-refractivity contribution in [2.45, 2.75) is 58.0 Å². The molecule has 0 saturated carbocycles. The summed E-state index contributed by atoms with van der Waals surface area (Å²) in [5.74, 6) is -0.00496. The number of amides is 1. The Morgan fingerprint density at radius 3 is 2.81 bits per heavy atom. The van der Waals surface area contributed by atoms with Crippen molar-refractivity contribution in [3.8, 4) is 11.3 Å². The number of nitrogens with one attached hydrogen (secondary N) is 1. The molecule has 0 aliphatic carbocycles. The summed E-state index contributed by atoms with van der Waals surface area (Å²) in [5, 5.41) is 9.58. The Hall–Kier alpha value is -2.37. The first-order valence-corrected chi connectivity index (χ1v) is 12.2. The first-order valence-electron chi connectivity index (χ1n) is 11.8. The van der Waals surface area contributed by atoms with Gasteiger partial charge in [-0.05, 0) is 57.4 Å². The van der Waals surface area contributed by atoms with Crippen LogP contribution in [0.4, 0.5) is 0 Å². The van der Waals surface area contributed by atoms with E-state index >= 15 is 0 Å². The summed E-state index contributed by atoms with van der Waals surface area (Å²) < 4.78 is 1.82. The lowest BCUT2D eigenvalue weighted by atomic mass is 10.00. The van der Waals surface area contributed by atoms with E-state index in [1.807, 2.05) is 60.1 Å². The highest BCUT2D eigenvalue weighted by molar-refractivity contribution is 6.31. The molecule has 1 aromatic heterocycles. The highest BCUT2D eigenvalue weighted by atomic mass is 35.5. The zero-order valence-electron chi connectivity index (χ0n) is 19.1. The number of rotatable bonds is 8. The number of aromatic nitrogens is 2. The Morgan fingerprint density at radius 1 is 1.22 bits per heavy atom. The molecule has 1 aliphatic heterocycles. The van der Waals surface area contributed by atoms with E-state index < -0.39 is 6.04 Å². The summed E-state index contributed by atoms with van der Waals surface area (Å²) in [6.07, 6.45) is 6.13. The van der Waals surface area contributed by atoms with Crippen molar-refractivity contribution in [2.24, 2.45) is 0 Å². The number of benzene rings is 2. The Morgan fingerprint density at radius 2 is 2.03 bits per heavy atom. The van der Waals surface area contributed by atoms with Crippen LogP contribution in [0.5, 0.6) is 0 Å². The van der Waals surface area contributed by atoms with Crippen molar-refractivity contribution < 1.29 is 4.79 Å². The SMILES string of the molecule is CC[C@H]1CCCCN1CCCNC(=O)[C@@H](C)n1nc(-c2ccccc2)c2cc(Cl)ccc21. The molecule has 1 amide bonds. The molecule has 1 fully saturated rings. The fourth-order valence-corrected chi connectivity index (χ4v) is 4.96. The van der Waals surface area contributed by atoms with Gasteiger partial charge in [0, 0.05) is 35.1 Å². The molecule has 0 spiro atoms. The average Bonchev–Trinajstić information content (AvgIpc) is 3.20. The standard InChI is InChI=1S/C26H33ClN4O/c1-3-22-12-7-8-16-30(22)17-9-15-28-26(32)19(2)31-24-14-13-21(27)18-23(24)25(29-31)20-10-5-4-6-11-20/h4-6,10-11,13-14,18-19,22H,3,7-9,12,15-17H2,1-2H3,(H,28,32)/t19-,22+/m1/s1. The third-order valence-electron chi connectivity index (χ3n) is 6.60. The number of hydrogen-bond donors (Lipinski definition) is 1. The topological polar surface area (TPSA) is 50.2 Å². The van der Waals surface area contributed by atoms with Crippen LogP contribution in [0, 0.1) is 0 Å². The molecule has 0 radical (unpaired) electrons. The fourth-order valence-electron chi connectivity index (χ4n) is 4.79. The van der Waals surface area contributed by atoms with Gasteiger partial charge in [0.05, 0.1) is 5.52 Å². The van der Waals surface area contributed by atoms with Gasteiger partial charge < -0.3 is 10.2 Å². The maximum absolute atomic E-state index is 13.0. The van der Waals surface area contributed by atoms with Crippen molar-refractivity contribution >= 4 is 28.4 Å². The molecule has 6 heteroatoms. The highest BCUT2D eigenvalue weighted by Crippen LogP contribution is 2.31. The van der Waals surface area contributed by atoms with Crippen LogP contribution < -0.4 is 5.32 Å². The molecular formula is C26H33ClN4O. The van der Waals surface area contributed by atoms with Gasteiger partial charge in [0.25, 0.3) is 0 Å². The van der Waals surface area contributed by atoms with Gasteiger partial charge >= 0.3 is 0 Å². The minimum absolute atomic E-state index is 0.00496. The van der Waals surface area contributed by atoms with Gasteiger partial charge in [0.1, 0.15) is 11.7 Å². The maximum Gasteiger partial charge on any atom is 0.244 e. The predicted molar refractivity (Wildman–Crippen MR) is 132 cm³/mol. The molecule has 0 unspecified atom stereocenters. The number of carbonyl (C=O) groups is 1. The molecular weight excluding hydrogens is 420 g/mol. The quantitative estimate of drug-likeness (QED) is 0.447. The van der Waals surface area contributed by atoms with Crippen LogP contribution in [0.3, 0.4) is 0 Å². The predicted octanol–water partition coefficient (Wildman–Crippen LogP) is 5.69. The zero-order chi connectivity index (χ0) is 22.5. The number of fused-ring (bicyclic) bond motifs is 1. The zero-order valence-corrected chi connectivity index (χ0v) is 19.8. The van der Waals surface area contributed by atoms with Gasteiger partial charge in [-0.2, -0.15) is 5.10 Å². The second-order valence-corrected chi connectivity index (χ2v) is 9.17. The molecule has 4 rings (SSSR count). The van der Waals surface area contributed by atoms with Gasteiger partial charge in [0.15, 0.2) is 0 Å². The van der Waals surface area contributed by atoms with Crippen LogP contribution >= 0.6 is 11.6 Å². The summed E-state index contributed by atoms with van der Waals surface area (Å²) in [4.78, 5) is 15.6.